The molecule has 1 atom stereocenters. The SMILES string of the molecule is CS(=O)(=O)c1ccc(Nc2nccn3c(C4CCC(C(=O)NCC(O)CO)CC4)cnc23)c(F)c1. The molecule has 4 rings (SSSR count). The van der Waals surface area contributed by atoms with Crippen LogP contribution in [0.4, 0.5) is 15.9 Å². The molecule has 1 aromatic carbocycles. The first kappa shape index (κ1) is 25.0. The van der Waals surface area contributed by atoms with E-state index < -0.39 is 28.4 Å². The first-order chi connectivity index (χ1) is 16.7. The quantitative estimate of drug-likeness (QED) is 0.362. The number of hydrogen-bond donors (Lipinski definition) is 4. The molecule has 3 aromatic rings. The minimum atomic E-state index is -3.52. The van der Waals surface area contributed by atoms with E-state index in [2.05, 4.69) is 20.6 Å². The van der Waals surface area contributed by atoms with Crippen LogP contribution in [0.1, 0.15) is 37.3 Å². The molecule has 2 aromatic heterocycles. The van der Waals surface area contributed by atoms with Gasteiger partial charge in [0.1, 0.15) is 5.82 Å². The molecule has 1 fully saturated rings. The van der Waals surface area contributed by atoms with E-state index in [4.69, 9.17) is 5.11 Å². The number of fused-ring (bicyclic) bond motifs is 1. The summed E-state index contributed by atoms with van der Waals surface area (Å²) in [4.78, 5) is 21.0. The number of carbonyl (C=O) groups excluding carboxylic acids is 1. The van der Waals surface area contributed by atoms with E-state index in [-0.39, 0.29) is 34.9 Å². The van der Waals surface area contributed by atoms with Crippen molar-refractivity contribution in [3.63, 3.8) is 0 Å². The molecule has 1 aliphatic carbocycles. The number of sulfone groups is 1. The van der Waals surface area contributed by atoms with Crippen LogP contribution in [0.5, 0.6) is 0 Å². The second kappa shape index (κ2) is 10.3. The van der Waals surface area contributed by atoms with Gasteiger partial charge in [-0.15, -0.1) is 0 Å². The van der Waals surface area contributed by atoms with Crippen molar-refractivity contribution >= 4 is 32.9 Å². The van der Waals surface area contributed by atoms with Crippen LogP contribution in [0, 0.1) is 11.7 Å². The van der Waals surface area contributed by atoms with Gasteiger partial charge in [-0.3, -0.25) is 9.20 Å². The lowest BCUT2D eigenvalue weighted by Gasteiger charge is -2.27. The second-order valence-corrected chi connectivity index (χ2v) is 10.8. The summed E-state index contributed by atoms with van der Waals surface area (Å²) < 4.78 is 39.7. The molecule has 1 saturated carbocycles. The second-order valence-electron chi connectivity index (χ2n) is 8.82. The smallest absolute Gasteiger partial charge is 0.223 e. The number of benzene rings is 1. The summed E-state index contributed by atoms with van der Waals surface area (Å²) in [6, 6.07) is 3.65. The third-order valence-corrected chi connectivity index (χ3v) is 7.43. The van der Waals surface area contributed by atoms with Gasteiger partial charge in [-0.2, -0.15) is 0 Å². The van der Waals surface area contributed by atoms with Crippen LogP contribution in [0.25, 0.3) is 5.65 Å². The maximum absolute atomic E-state index is 14.5. The van der Waals surface area contributed by atoms with Gasteiger partial charge < -0.3 is 20.8 Å². The summed E-state index contributed by atoms with van der Waals surface area (Å²) in [6.45, 7) is -0.367. The van der Waals surface area contributed by atoms with Crippen LogP contribution in [0.3, 0.4) is 0 Å². The Labute approximate surface area is 202 Å². The molecule has 1 aliphatic rings. The van der Waals surface area contributed by atoms with Gasteiger partial charge in [0, 0.05) is 48.9 Å². The van der Waals surface area contributed by atoms with E-state index in [1.54, 1.807) is 18.6 Å². The van der Waals surface area contributed by atoms with Crippen molar-refractivity contribution < 1.29 is 27.8 Å². The molecule has 4 N–H and O–H groups in total. The topological polar surface area (TPSA) is 146 Å². The van der Waals surface area contributed by atoms with Crippen molar-refractivity contribution in [3.8, 4) is 0 Å². The number of amides is 1. The molecule has 188 valence electrons. The van der Waals surface area contributed by atoms with E-state index >= 15 is 0 Å². The number of aliphatic hydroxyl groups excluding tert-OH is 2. The zero-order valence-electron chi connectivity index (χ0n) is 19.2. The van der Waals surface area contributed by atoms with Crippen LogP contribution in [-0.2, 0) is 14.6 Å². The number of rotatable bonds is 8. The molecular weight excluding hydrogens is 477 g/mol. The van der Waals surface area contributed by atoms with Crippen molar-refractivity contribution in [2.45, 2.75) is 42.6 Å². The normalized spacial score (nSPS) is 19.4. The molecule has 35 heavy (non-hydrogen) atoms. The van der Waals surface area contributed by atoms with Crippen molar-refractivity contribution in [2.24, 2.45) is 5.92 Å². The minimum absolute atomic E-state index is 0.0306. The number of nitrogens with zero attached hydrogens (tertiary/aromatic N) is 3. The molecule has 0 spiro atoms. The fraction of sp³-hybridized carbons (Fsp3) is 0.435. The Morgan fingerprint density at radius 3 is 2.66 bits per heavy atom. The Kier molecular flexibility index (Phi) is 7.33. The van der Waals surface area contributed by atoms with Crippen molar-refractivity contribution in [2.75, 3.05) is 24.7 Å². The van der Waals surface area contributed by atoms with E-state index in [0.29, 0.717) is 24.3 Å². The molecule has 0 saturated heterocycles. The third kappa shape index (κ3) is 5.60. The molecule has 1 amide bonds. The van der Waals surface area contributed by atoms with Gasteiger partial charge in [0.15, 0.2) is 21.3 Å². The van der Waals surface area contributed by atoms with Crippen molar-refractivity contribution in [3.05, 3.63) is 48.3 Å². The van der Waals surface area contributed by atoms with Crippen molar-refractivity contribution in [1.29, 1.82) is 0 Å². The van der Waals surface area contributed by atoms with Crippen LogP contribution in [0.15, 0.2) is 41.7 Å². The van der Waals surface area contributed by atoms with E-state index in [9.17, 15) is 22.7 Å². The Morgan fingerprint density at radius 2 is 2.00 bits per heavy atom. The predicted molar refractivity (Wildman–Crippen MR) is 127 cm³/mol. The highest BCUT2D eigenvalue weighted by Gasteiger charge is 2.29. The number of nitrogens with one attached hydrogen (secondary N) is 2. The van der Waals surface area contributed by atoms with Gasteiger partial charge >= 0.3 is 0 Å². The van der Waals surface area contributed by atoms with Crippen LogP contribution >= 0.6 is 0 Å². The predicted octanol–water partition coefficient (Wildman–Crippen LogP) is 1.76. The van der Waals surface area contributed by atoms with E-state index in [1.807, 2.05) is 4.40 Å². The summed E-state index contributed by atoms with van der Waals surface area (Å²) in [5.74, 6) is -0.466. The monoisotopic (exact) mass is 505 g/mol. The van der Waals surface area contributed by atoms with Gasteiger partial charge in [-0.05, 0) is 43.9 Å². The number of aliphatic hydroxyl groups is 2. The highest BCUT2D eigenvalue weighted by molar-refractivity contribution is 7.90. The zero-order valence-corrected chi connectivity index (χ0v) is 20.0. The number of hydrogen-bond acceptors (Lipinski definition) is 8. The Bertz CT molecular complexity index is 1320. The zero-order chi connectivity index (χ0) is 25.2. The first-order valence-corrected chi connectivity index (χ1v) is 13.2. The fourth-order valence-electron chi connectivity index (χ4n) is 4.36. The third-order valence-electron chi connectivity index (χ3n) is 6.32. The number of imidazole rings is 1. The number of carbonyl (C=O) groups is 1. The molecule has 0 aliphatic heterocycles. The van der Waals surface area contributed by atoms with Crippen LogP contribution < -0.4 is 10.6 Å². The van der Waals surface area contributed by atoms with Gasteiger partial charge in [0.05, 0.1) is 23.3 Å². The molecule has 1 unspecified atom stereocenters. The average molecular weight is 506 g/mol. The van der Waals surface area contributed by atoms with Crippen LogP contribution in [-0.4, -0.2) is 64.4 Å². The largest absolute Gasteiger partial charge is 0.394 e. The summed E-state index contributed by atoms with van der Waals surface area (Å²) in [5, 5.41) is 23.9. The lowest BCUT2D eigenvalue weighted by atomic mass is 9.80. The lowest BCUT2D eigenvalue weighted by Crippen LogP contribution is -2.38. The first-order valence-electron chi connectivity index (χ1n) is 11.3. The molecule has 12 heteroatoms. The highest BCUT2D eigenvalue weighted by Crippen LogP contribution is 2.36. The van der Waals surface area contributed by atoms with Gasteiger partial charge in [0.2, 0.25) is 5.91 Å². The standard InChI is InChI=1S/C23H28FN5O5S/c1-35(33,34)17-6-7-19(18(24)10-17)28-21-22-26-12-20(29(22)9-8-25-21)14-2-4-15(5-3-14)23(32)27-11-16(31)13-30/h6-10,12,14-16,30-31H,2-5,11,13H2,1H3,(H,25,28)(H,27,32). The lowest BCUT2D eigenvalue weighted by molar-refractivity contribution is -0.126. The number of anilines is 2. The van der Waals surface area contributed by atoms with Crippen LogP contribution in [0.2, 0.25) is 0 Å². The molecule has 2 heterocycles. The Morgan fingerprint density at radius 1 is 1.26 bits per heavy atom. The summed E-state index contributed by atoms with van der Waals surface area (Å²) >= 11 is 0. The highest BCUT2D eigenvalue weighted by atomic mass is 32.2. The van der Waals surface area contributed by atoms with E-state index in [0.717, 1.165) is 30.9 Å². The van der Waals surface area contributed by atoms with Gasteiger partial charge in [-0.25, -0.2) is 22.8 Å². The summed E-state index contributed by atoms with van der Waals surface area (Å²) in [7, 11) is -3.52. The fourth-order valence-corrected chi connectivity index (χ4v) is 5.00. The molecule has 10 nitrogen and oxygen atoms in total. The van der Waals surface area contributed by atoms with E-state index in [1.165, 1.54) is 12.1 Å². The Balaban J connectivity index is 1.47. The van der Waals surface area contributed by atoms with Gasteiger partial charge in [0.25, 0.3) is 0 Å². The summed E-state index contributed by atoms with van der Waals surface area (Å²) in [6.07, 6.45) is 8.10. The van der Waals surface area contributed by atoms with Gasteiger partial charge in [-0.1, -0.05) is 0 Å². The molecular formula is C23H28FN5O5S. The number of halogens is 1. The maximum Gasteiger partial charge on any atom is 0.223 e. The number of aromatic nitrogens is 3. The summed E-state index contributed by atoms with van der Waals surface area (Å²) in [5.41, 5.74) is 1.56. The molecule has 0 bridgehead atoms. The average Bonchev–Trinajstić information content (AvgIpc) is 3.28. The minimum Gasteiger partial charge on any atom is -0.394 e. The Hall–Kier alpha value is -3.09. The van der Waals surface area contributed by atoms with Crippen molar-refractivity contribution in [1.82, 2.24) is 19.7 Å². The molecule has 0 radical (unpaired) electrons. The maximum atomic E-state index is 14.5.